The lowest BCUT2D eigenvalue weighted by molar-refractivity contribution is 0.0526. The highest BCUT2D eigenvalue weighted by Crippen LogP contribution is 2.41. The van der Waals surface area contributed by atoms with Crippen molar-refractivity contribution in [3.05, 3.63) is 28.3 Å². The van der Waals surface area contributed by atoms with E-state index < -0.39 is 0 Å². The quantitative estimate of drug-likeness (QED) is 0.801. The van der Waals surface area contributed by atoms with Gasteiger partial charge in [-0.3, -0.25) is 4.79 Å². The molecule has 4 nitrogen and oxygen atoms in total. The Morgan fingerprint density at radius 2 is 2.24 bits per heavy atom. The second kappa shape index (κ2) is 6.02. The van der Waals surface area contributed by atoms with Crippen molar-refractivity contribution >= 4 is 28.1 Å². The molecular formula is C16H19NO3S. The number of rotatable bonds is 3. The van der Waals surface area contributed by atoms with E-state index in [1.165, 1.54) is 11.3 Å². The molecule has 112 valence electrons. The number of fused-ring (bicyclic) bond motifs is 1. The Labute approximate surface area is 128 Å². The molecule has 3 rings (SSSR count). The van der Waals surface area contributed by atoms with Crippen LogP contribution >= 0.6 is 11.3 Å². The predicted molar refractivity (Wildman–Crippen MR) is 83.3 cm³/mol. The van der Waals surface area contributed by atoms with Crippen LogP contribution in [-0.4, -0.2) is 24.9 Å². The van der Waals surface area contributed by atoms with Crippen LogP contribution < -0.4 is 4.90 Å². The Kier molecular flexibility index (Phi) is 4.10. The van der Waals surface area contributed by atoms with E-state index >= 15 is 0 Å². The van der Waals surface area contributed by atoms with Crippen molar-refractivity contribution in [1.82, 2.24) is 0 Å². The van der Waals surface area contributed by atoms with Gasteiger partial charge in [-0.25, -0.2) is 4.79 Å². The number of ketones is 1. The number of hydrogen-bond donors (Lipinski definition) is 0. The van der Waals surface area contributed by atoms with Gasteiger partial charge in [0.25, 0.3) is 0 Å². The lowest BCUT2D eigenvalue weighted by Crippen LogP contribution is -2.22. The summed E-state index contributed by atoms with van der Waals surface area (Å²) in [5, 5.41) is 0.879. The average molecular weight is 305 g/mol. The average Bonchev–Trinajstić information content (AvgIpc) is 2.89. The van der Waals surface area contributed by atoms with Gasteiger partial charge in [0.15, 0.2) is 5.78 Å². The molecule has 1 aliphatic heterocycles. The Hall–Kier alpha value is -1.62. The van der Waals surface area contributed by atoms with Crippen LogP contribution in [0.4, 0.5) is 5.00 Å². The van der Waals surface area contributed by atoms with Gasteiger partial charge in [0.05, 0.1) is 17.0 Å². The summed E-state index contributed by atoms with van der Waals surface area (Å²) in [7, 11) is 0. The largest absolute Gasteiger partial charge is 0.462 e. The molecule has 1 aliphatic carbocycles. The smallest absolute Gasteiger partial charge is 0.341 e. The Balaban J connectivity index is 2.09. The number of ether oxygens (including phenoxy) is 1. The maximum atomic E-state index is 12.4. The molecule has 21 heavy (non-hydrogen) atoms. The highest BCUT2D eigenvalue weighted by molar-refractivity contribution is 7.18. The fourth-order valence-electron chi connectivity index (χ4n) is 2.90. The lowest BCUT2D eigenvalue weighted by atomic mass is 9.94. The maximum Gasteiger partial charge on any atom is 0.341 e. The highest BCUT2D eigenvalue weighted by Gasteiger charge is 2.31. The number of allylic oxidation sites excluding steroid dienone is 1. The van der Waals surface area contributed by atoms with Crippen molar-refractivity contribution in [2.24, 2.45) is 0 Å². The molecule has 0 saturated carbocycles. The van der Waals surface area contributed by atoms with Gasteiger partial charge in [-0.1, -0.05) is 6.08 Å². The van der Waals surface area contributed by atoms with Gasteiger partial charge in [0, 0.05) is 19.2 Å². The standard InChI is InChI=1S/C16H19NO3S/c1-2-20-16(19)13-11-7-6-8-12(18)14(11)21-15(13)17-9-4-3-5-10-17/h4,9H,2-3,5-8,10H2,1H3. The zero-order valence-corrected chi connectivity index (χ0v) is 13.0. The fourth-order valence-corrected chi connectivity index (χ4v) is 4.21. The van der Waals surface area contributed by atoms with E-state index in [1.807, 2.05) is 13.1 Å². The van der Waals surface area contributed by atoms with Crippen LogP contribution in [0.3, 0.4) is 0 Å². The predicted octanol–water partition coefficient (Wildman–Crippen LogP) is 3.56. The molecule has 0 radical (unpaired) electrons. The third kappa shape index (κ3) is 2.62. The summed E-state index contributed by atoms with van der Waals surface area (Å²) in [6.07, 6.45) is 8.47. The van der Waals surface area contributed by atoms with Gasteiger partial charge in [-0.05, 0) is 38.2 Å². The van der Waals surface area contributed by atoms with Gasteiger partial charge >= 0.3 is 5.97 Å². The number of hydrogen-bond acceptors (Lipinski definition) is 5. The molecule has 1 aromatic rings. The molecule has 0 fully saturated rings. The first-order valence-electron chi connectivity index (χ1n) is 7.51. The molecule has 0 N–H and O–H groups in total. The van der Waals surface area contributed by atoms with Crippen molar-refractivity contribution in [3.63, 3.8) is 0 Å². The molecule has 0 spiro atoms. The second-order valence-electron chi connectivity index (χ2n) is 5.31. The van der Waals surface area contributed by atoms with E-state index in [2.05, 4.69) is 11.0 Å². The van der Waals surface area contributed by atoms with E-state index in [0.29, 0.717) is 18.6 Å². The minimum Gasteiger partial charge on any atom is -0.462 e. The monoisotopic (exact) mass is 305 g/mol. The van der Waals surface area contributed by atoms with Gasteiger partial charge in [0.1, 0.15) is 5.00 Å². The van der Waals surface area contributed by atoms with Gasteiger partial charge in [-0.2, -0.15) is 0 Å². The number of carbonyl (C=O) groups excluding carboxylic acids is 2. The molecule has 0 unspecified atom stereocenters. The third-order valence-corrected chi connectivity index (χ3v) is 5.18. The molecule has 0 saturated heterocycles. The molecular weight excluding hydrogens is 286 g/mol. The van der Waals surface area contributed by atoms with E-state index in [-0.39, 0.29) is 11.8 Å². The van der Waals surface area contributed by atoms with Crippen molar-refractivity contribution in [2.75, 3.05) is 18.1 Å². The number of esters is 1. The summed E-state index contributed by atoms with van der Waals surface area (Å²) in [4.78, 5) is 27.4. The van der Waals surface area contributed by atoms with Crippen molar-refractivity contribution in [2.45, 2.75) is 39.0 Å². The number of carbonyl (C=O) groups is 2. The number of thiophene rings is 1. The summed E-state index contributed by atoms with van der Waals surface area (Å²) >= 11 is 1.46. The fraction of sp³-hybridized carbons (Fsp3) is 0.500. The normalized spacial score (nSPS) is 17.8. The zero-order valence-electron chi connectivity index (χ0n) is 12.2. The highest BCUT2D eigenvalue weighted by atomic mass is 32.1. The number of Topliss-reactive ketones (excluding diaryl/α,β-unsaturated/α-hetero) is 1. The Morgan fingerprint density at radius 1 is 1.38 bits per heavy atom. The van der Waals surface area contributed by atoms with Crippen LogP contribution in [0.15, 0.2) is 12.3 Å². The first-order valence-corrected chi connectivity index (χ1v) is 8.33. The van der Waals surface area contributed by atoms with Crippen LogP contribution in [0.2, 0.25) is 0 Å². The summed E-state index contributed by atoms with van der Waals surface area (Å²) in [5.74, 6) is -0.127. The van der Waals surface area contributed by atoms with Crippen molar-refractivity contribution in [3.8, 4) is 0 Å². The van der Waals surface area contributed by atoms with Crippen LogP contribution in [0.25, 0.3) is 0 Å². The molecule has 0 aromatic carbocycles. The van der Waals surface area contributed by atoms with Gasteiger partial charge in [0.2, 0.25) is 0 Å². The topological polar surface area (TPSA) is 46.6 Å². The van der Waals surface area contributed by atoms with Crippen LogP contribution in [0.5, 0.6) is 0 Å². The molecule has 0 atom stereocenters. The molecule has 2 heterocycles. The first kappa shape index (κ1) is 14.3. The maximum absolute atomic E-state index is 12.4. The summed E-state index contributed by atoms with van der Waals surface area (Å²) in [6.45, 7) is 3.05. The SMILES string of the molecule is CCOC(=O)c1c(N2C=CCCC2)sc2c1CCCC2=O. The lowest BCUT2D eigenvalue weighted by Gasteiger charge is -2.23. The van der Waals surface area contributed by atoms with Crippen molar-refractivity contribution < 1.29 is 14.3 Å². The molecule has 1 aromatic heterocycles. The van der Waals surface area contributed by atoms with Crippen LogP contribution in [0, 0.1) is 0 Å². The first-order chi connectivity index (χ1) is 10.2. The minimum atomic E-state index is -0.293. The second-order valence-corrected chi connectivity index (χ2v) is 6.31. The van der Waals surface area contributed by atoms with E-state index in [9.17, 15) is 9.59 Å². The Morgan fingerprint density at radius 3 is 2.95 bits per heavy atom. The minimum absolute atomic E-state index is 0.166. The Bertz CT molecular complexity index is 603. The zero-order chi connectivity index (χ0) is 14.8. The van der Waals surface area contributed by atoms with Gasteiger partial charge in [-0.15, -0.1) is 11.3 Å². The van der Waals surface area contributed by atoms with E-state index in [0.717, 1.165) is 47.7 Å². The summed E-state index contributed by atoms with van der Waals surface area (Å²) in [5.41, 5.74) is 1.53. The molecule has 0 amide bonds. The van der Waals surface area contributed by atoms with Crippen LogP contribution in [-0.2, 0) is 11.2 Å². The number of nitrogens with zero attached hydrogens (tertiary/aromatic N) is 1. The summed E-state index contributed by atoms with van der Waals surface area (Å²) < 4.78 is 5.22. The van der Waals surface area contributed by atoms with Crippen LogP contribution in [0.1, 0.15) is 58.2 Å². The van der Waals surface area contributed by atoms with Gasteiger partial charge < -0.3 is 9.64 Å². The molecule has 5 heteroatoms. The third-order valence-electron chi connectivity index (χ3n) is 3.87. The van der Waals surface area contributed by atoms with E-state index in [4.69, 9.17) is 4.74 Å². The van der Waals surface area contributed by atoms with Crippen molar-refractivity contribution in [1.29, 1.82) is 0 Å². The number of anilines is 1. The molecule has 2 aliphatic rings. The summed E-state index contributed by atoms with van der Waals surface area (Å²) in [6, 6.07) is 0. The molecule has 0 bridgehead atoms. The van der Waals surface area contributed by atoms with E-state index in [1.54, 1.807) is 0 Å².